The lowest BCUT2D eigenvalue weighted by Crippen LogP contribution is -2.47. The molecule has 0 unspecified atom stereocenters. The van der Waals surface area contributed by atoms with Gasteiger partial charge in [-0.3, -0.25) is 4.79 Å². The van der Waals surface area contributed by atoms with Gasteiger partial charge in [0.05, 0.1) is 17.7 Å². The molecule has 104 valence electrons. The van der Waals surface area contributed by atoms with Crippen LogP contribution in [0.15, 0.2) is 28.7 Å². The van der Waals surface area contributed by atoms with Gasteiger partial charge in [0, 0.05) is 11.6 Å². The third-order valence-electron chi connectivity index (χ3n) is 3.59. The Morgan fingerprint density at radius 1 is 1.42 bits per heavy atom. The summed E-state index contributed by atoms with van der Waals surface area (Å²) in [6.07, 6.45) is 1.61. The maximum atomic E-state index is 12.6. The van der Waals surface area contributed by atoms with Crippen LogP contribution in [0.1, 0.15) is 12.8 Å². The predicted molar refractivity (Wildman–Crippen MR) is 79.2 cm³/mol. The normalized spacial score (nSPS) is 18.0. The number of amides is 1. The molecular formula is C14H19BrN2O2. The minimum Gasteiger partial charge on any atom is -0.384 e. The first-order valence-corrected chi connectivity index (χ1v) is 7.23. The fourth-order valence-corrected chi connectivity index (χ4v) is 2.82. The number of rotatable bonds is 4. The Kier molecular flexibility index (Phi) is 4.96. The second kappa shape index (κ2) is 6.50. The van der Waals surface area contributed by atoms with E-state index in [0.717, 1.165) is 36.1 Å². The lowest BCUT2D eigenvalue weighted by atomic mass is 9.78. The molecule has 1 fully saturated rings. The van der Waals surface area contributed by atoms with Gasteiger partial charge in [-0.05, 0) is 54.0 Å². The van der Waals surface area contributed by atoms with Crippen molar-refractivity contribution in [2.24, 2.45) is 5.41 Å². The van der Waals surface area contributed by atoms with E-state index in [1.165, 1.54) is 0 Å². The summed E-state index contributed by atoms with van der Waals surface area (Å²) in [7, 11) is 1.65. The van der Waals surface area contributed by atoms with E-state index in [2.05, 4.69) is 26.6 Å². The number of hydrogen-bond donors (Lipinski definition) is 2. The summed E-state index contributed by atoms with van der Waals surface area (Å²) in [6.45, 7) is 2.17. The largest absolute Gasteiger partial charge is 0.384 e. The van der Waals surface area contributed by atoms with Crippen molar-refractivity contribution in [1.29, 1.82) is 0 Å². The van der Waals surface area contributed by atoms with Gasteiger partial charge in [-0.2, -0.15) is 0 Å². The highest BCUT2D eigenvalue weighted by molar-refractivity contribution is 9.10. The second-order valence-corrected chi connectivity index (χ2v) is 5.75. The SMILES string of the molecule is COCC1(C(=O)Nc2ccccc2Br)CCNCC1. The average Bonchev–Trinajstić information content (AvgIpc) is 2.42. The average molecular weight is 327 g/mol. The van der Waals surface area contributed by atoms with Gasteiger partial charge in [-0.1, -0.05) is 12.1 Å². The molecular weight excluding hydrogens is 308 g/mol. The molecule has 1 heterocycles. The van der Waals surface area contributed by atoms with E-state index < -0.39 is 5.41 Å². The standard InChI is InChI=1S/C14H19BrN2O2/c1-19-10-14(6-8-16-9-7-14)13(18)17-12-5-3-2-4-11(12)15/h2-5,16H,6-10H2,1H3,(H,17,18). The fraction of sp³-hybridized carbons (Fsp3) is 0.500. The Morgan fingerprint density at radius 3 is 2.74 bits per heavy atom. The van der Waals surface area contributed by atoms with E-state index in [0.29, 0.717) is 6.61 Å². The van der Waals surface area contributed by atoms with Crippen LogP contribution in [0.3, 0.4) is 0 Å². The second-order valence-electron chi connectivity index (χ2n) is 4.90. The first-order chi connectivity index (χ1) is 9.18. The van der Waals surface area contributed by atoms with Gasteiger partial charge in [-0.15, -0.1) is 0 Å². The maximum absolute atomic E-state index is 12.6. The molecule has 0 atom stereocenters. The van der Waals surface area contributed by atoms with Crippen LogP contribution in [0, 0.1) is 5.41 Å². The smallest absolute Gasteiger partial charge is 0.233 e. The molecule has 19 heavy (non-hydrogen) atoms. The highest BCUT2D eigenvalue weighted by Gasteiger charge is 2.39. The number of ether oxygens (including phenoxy) is 1. The van der Waals surface area contributed by atoms with Crippen LogP contribution in [-0.2, 0) is 9.53 Å². The minimum absolute atomic E-state index is 0.0442. The first kappa shape index (κ1) is 14.5. The van der Waals surface area contributed by atoms with Gasteiger partial charge in [0.25, 0.3) is 0 Å². The molecule has 0 aliphatic carbocycles. The van der Waals surface area contributed by atoms with E-state index in [-0.39, 0.29) is 5.91 Å². The summed E-state index contributed by atoms with van der Waals surface area (Å²) in [6, 6.07) is 7.64. The number of para-hydroxylation sites is 1. The van der Waals surface area contributed by atoms with Crippen LogP contribution >= 0.6 is 15.9 Å². The summed E-state index contributed by atoms with van der Waals surface area (Å²) < 4.78 is 6.17. The number of hydrogen-bond acceptors (Lipinski definition) is 3. The molecule has 5 heteroatoms. The van der Waals surface area contributed by atoms with Crippen molar-refractivity contribution in [3.05, 3.63) is 28.7 Å². The summed E-state index contributed by atoms with van der Waals surface area (Å²) >= 11 is 3.45. The molecule has 1 amide bonds. The van der Waals surface area contributed by atoms with Crippen LogP contribution in [0.2, 0.25) is 0 Å². The zero-order valence-electron chi connectivity index (χ0n) is 11.0. The molecule has 1 aromatic rings. The number of nitrogens with one attached hydrogen (secondary N) is 2. The van der Waals surface area contributed by atoms with Crippen LogP contribution < -0.4 is 10.6 Å². The fourth-order valence-electron chi connectivity index (χ4n) is 2.44. The van der Waals surface area contributed by atoms with Crippen LogP contribution in [-0.4, -0.2) is 32.7 Å². The van der Waals surface area contributed by atoms with Crippen molar-refractivity contribution in [2.45, 2.75) is 12.8 Å². The van der Waals surface area contributed by atoms with Crippen molar-refractivity contribution in [1.82, 2.24) is 5.32 Å². The molecule has 0 bridgehead atoms. The van der Waals surface area contributed by atoms with Crippen molar-refractivity contribution < 1.29 is 9.53 Å². The molecule has 1 aliphatic rings. The van der Waals surface area contributed by atoms with Gasteiger partial charge < -0.3 is 15.4 Å². The maximum Gasteiger partial charge on any atom is 0.233 e. The molecule has 4 nitrogen and oxygen atoms in total. The highest BCUT2D eigenvalue weighted by Crippen LogP contribution is 2.32. The third-order valence-corrected chi connectivity index (χ3v) is 4.28. The van der Waals surface area contributed by atoms with Crippen molar-refractivity contribution >= 4 is 27.5 Å². The number of benzene rings is 1. The number of halogens is 1. The number of carbonyl (C=O) groups excluding carboxylic acids is 1. The van der Waals surface area contributed by atoms with Gasteiger partial charge in [0.15, 0.2) is 0 Å². The molecule has 1 aliphatic heterocycles. The van der Waals surface area contributed by atoms with Crippen LogP contribution in [0.4, 0.5) is 5.69 Å². The molecule has 0 radical (unpaired) electrons. The number of anilines is 1. The Hall–Kier alpha value is -0.910. The highest BCUT2D eigenvalue weighted by atomic mass is 79.9. The molecule has 0 saturated carbocycles. The molecule has 2 rings (SSSR count). The molecule has 0 spiro atoms. The Bertz CT molecular complexity index is 439. The molecule has 1 saturated heterocycles. The Labute approximate surface area is 122 Å². The van der Waals surface area contributed by atoms with E-state index in [4.69, 9.17) is 4.74 Å². The predicted octanol–water partition coefficient (Wildman–Crippen LogP) is 2.40. The number of carbonyl (C=O) groups is 1. The van der Waals surface area contributed by atoms with Gasteiger partial charge in [-0.25, -0.2) is 0 Å². The quantitative estimate of drug-likeness (QED) is 0.893. The molecule has 2 N–H and O–H groups in total. The molecule has 1 aromatic carbocycles. The van der Waals surface area contributed by atoms with E-state index in [1.54, 1.807) is 7.11 Å². The van der Waals surface area contributed by atoms with Gasteiger partial charge in [0.2, 0.25) is 5.91 Å². The summed E-state index contributed by atoms with van der Waals surface area (Å²) in [5, 5.41) is 6.30. The Balaban J connectivity index is 2.14. The first-order valence-electron chi connectivity index (χ1n) is 6.44. The zero-order valence-corrected chi connectivity index (χ0v) is 12.6. The summed E-state index contributed by atoms with van der Waals surface area (Å²) in [5.74, 6) is 0.0442. The number of piperidine rings is 1. The third kappa shape index (κ3) is 3.35. The lowest BCUT2D eigenvalue weighted by molar-refractivity contribution is -0.130. The number of methoxy groups -OCH3 is 1. The van der Waals surface area contributed by atoms with Crippen LogP contribution in [0.25, 0.3) is 0 Å². The molecule has 0 aromatic heterocycles. The summed E-state index contributed by atoms with van der Waals surface area (Å²) in [4.78, 5) is 12.6. The van der Waals surface area contributed by atoms with Crippen molar-refractivity contribution in [2.75, 3.05) is 32.1 Å². The van der Waals surface area contributed by atoms with E-state index in [9.17, 15) is 4.79 Å². The van der Waals surface area contributed by atoms with Gasteiger partial charge in [0.1, 0.15) is 0 Å². The van der Waals surface area contributed by atoms with E-state index >= 15 is 0 Å². The zero-order chi connectivity index (χ0) is 13.7. The Morgan fingerprint density at radius 2 is 2.11 bits per heavy atom. The monoisotopic (exact) mass is 326 g/mol. The van der Waals surface area contributed by atoms with Crippen LogP contribution in [0.5, 0.6) is 0 Å². The van der Waals surface area contributed by atoms with E-state index in [1.807, 2.05) is 24.3 Å². The van der Waals surface area contributed by atoms with Crippen molar-refractivity contribution in [3.63, 3.8) is 0 Å². The van der Waals surface area contributed by atoms with Gasteiger partial charge >= 0.3 is 0 Å². The van der Waals surface area contributed by atoms with Crippen molar-refractivity contribution in [3.8, 4) is 0 Å². The topological polar surface area (TPSA) is 50.4 Å². The lowest BCUT2D eigenvalue weighted by Gasteiger charge is -2.35. The minimum atomic E-state index is -0.421. The summed E-state index contributed by atoms with van der Waals surface area (Å²) in [5.41, 5.74) is 0.386.